The molecule has 0 spiro atoms. The fourth-order valence-corrected chi connectivity index (χ4v) is 8.57. The monoisotopic (exact) mass is 418 g/mol. The number of hydrogen-bond donors (Lipinski definition) is 3. The van der Waals surface area contributed by atoms with Gasteiger partial charge in [-0.2, -0.15) is 0 Å². The Bertz CT molecular complexity index is 656. The molecule has 0 radical (unpaired) electrons. The molecule has 4 rings (SSSR count). The number of fused-ring (bicyclic) bond motifs is 5. The standard InChI is InChI=1S/C27H46O3/c1-16(2)23(29)9-6-17(3)20-7-8-21-25-22(11-13-27(20,21)5)26(4)12-10-19(28)14-18(26)15-24(25)30/h15-17,19-25,28-30H,6-14H2,1-5H3/t17?,19-,20+,21-,22-,23?,24?,25?,26-,27+/m0/s1. The van der Waals surface area contributed by atoms with Crippen molar-refractivity contribution in [2.45, 2.75) is 111 Å². The van der Waals surface area contributed by atoms with Crippen LogP contribution in [0.2, 0.25) is 0 Å². The average molecular weight is 419 g/mol. The fraction of sp³-hybridized carbons (Fsp3) is 0.926. The molecule has 0 aromatic carbocycles. The summed E-state index contributed by atoms with van der Waals surface area (Å²) in [5.74, 6) is 3.24. The van der Waals surface area contributed by atoms with Gasteiger partial charge in [0.15, 0.2) is 0 Å². The summed E-state index contributed by atoms with van der Waals surface area (Å²) < 4.78 is 0. The van der Waals surface area contributed by atoms with E-state index < -0.39 is 0 Å². The molecule has 0 aromatic rings. The smallest absolute Gasteiger partial charge is 0.0757 e. The van der Waals surface area contributed by atoms with E-state index in [9.17, 15) is 15.3 Å². The second-order valence-electron chi connectivity index (χ2n) is 12.4. The van der Waals surface area contributed by atoms with Crippen LogP contribution in [0.1, 0.15) is 92.4 Å². The number of aliphatic hydroxyl groups excluding tert-OH is 3. The molecule has 0 heterocycles. The fourth-order valence-electron chi connectivity index (χ4n) is 8.57. The lowest BCUT2D eigenvalue weighted by Crippen LogP contribution is -2.55. The van der Waals surface area contributed by atoms with Crippen molar-refractivity contribution in [2.24, 2.45) is 46.3 Å². The minimum Gasteiger partial charge on any atom is -0.393 e. The van der Waals surface area contributed by atoms with E-state index in [0.29, 0.717) is 40.9 Å². The predicted octanol–water partition coefficient (Wildman–Crippen LogP) is 5.33. The number of hydrogen-bond acceptors (Lipinski definition) is 3. The van der Waals surface area contributed by atoms with Crippen LogP contribution >= 0.6 is 0 Å². The first-order chi connectivity index (χ1) is 14.1. The highest BCUT2D eigenvalue weighted by Gasteiger charge is 2.61. The molecule has 30 heavy (non-hydrogen) atoms. The van der Waals surface area contributed by atoms with Crippen molar-refractivity contribution >= 4 is 0 Å². The second-order valence-corrected chi connectivity index (χ2v) is 12.4. The van der Waals surface area contributed by atoms with E-state index in [4.69, 9.17) is 0 Å². The van der Waals surface area contributed by atoms with Crippen molar-refractivity contribution in [3.63, 3.8) is 0 Å². The molecule has 3 nitrogen and oxygen atoms in total. The van der Waals surface area contributed by atoms with Gasteiger partial charge in [0, 0.05) is 0 Å². The van der Waals surface area contributed by atoms with Crippen LogP contribution in [0.4, 0.5) is 0 Å². The van der Waals surface area contributed by atoms with E-state index in [2.05, 4.69) is 40.7 Å². The van der Waals surface area contributed by atoms with Crippen LogP contribution in [0.3, 0.4) is 0 Å². The van der Waals surface area contributed by atoms with Crippen molar-refractivity contribution in [3.05, 3.63) is 11.6 Å². The summed E-state index contributed by atoms with van der Waals surface area (Å²) in [6.45, 7) is 11.6. The summed E-state index contributed by atoms with van der Waals surface area (Å²) in [5.41, 5.74) is 1.83. The quantitative estimate of drug-likeness (QED) is 0.529. The molecular weight excluding hydrogens is 372 g/mol. The molecule has 0 saturated heterocycles. The van der Waals surface area contributed by atoms with Gasteiger partial charge in [0.1, 0.15) is 0 Å². The Hall–Kier alpha value is -0.380. The van der Waals surface area contributed by atoms with Crippen LogP contribution in [0.25, 0.3) is 0 Å². The van der Waals surface area contributed by atoms with Crippen LogP contribution < -0.4 is 0 Å². The lowest BCUT2D eigenvalue weighted by molar-refractivity contribution is -0.0973. The largest absolute Gasteiger partial charge is 0.393 e. The molecule has 3 N–H and O–H groups in total. The van der Waals surface area contributed by atoms with Gasteiger partial charge in [0.2, 0.25) is 0 Å². The van der Waals surface area contributed by atoms with Crippen molar-refractivity contribution in [3.8, 4) is 0 Å². The Morgan fingerprint density at radius 2 is 1.70 bits per heavy atom. The van der Waals surface area contributed by atoms with Gasteiger partial charge in [0.05, 0.1) is 18.3 Å². The first kappa shape index (κ1) is 22.8. The molecule has 0 amide bonds. The van der Waals surface area contributed by atoms with Gasteiger partial charge >= 0.3 is 0 Å². The van der Waals surface area contributed by atoms with Crippen molar-refractivity contribution in [2.75, 3.05) is 0 Å². The molecule has 0 aliphatic heterocycles. The Morgan fingerprint density at radius 3 is 2.40 bits per heavy atom. The summed E-state index contributed by atoms with van der Waals surface area (Å²) >= 11 is 0. The SMILES string of the molecule is CC(C)C(O)CCC(C)[C@H]1CC[C@H]2C3C(O)C=C4C[C@@H](O)CC[C@]4(C)[C@H]3CC[C@]12C. The third-order valence-corrected chi connectivity index (χ3v) is 10.6. The molecule has 172 valence electrons. The van der Waals surface area contributed by atoms with Crippen molar-refractivity contribution in [1.82, 2.24) is 0 Å². The average Bonchev–Trinajstić information content (AvgIpc) is 3.04. The van der Waals surface area contributed by atoms with E-state index in [1.165, 1.54) is 31.3 Å². The molecule has 4 aliphatic carbocycles. The van der Waals surface area contributed by atoms with Gasteiger partial charge in [-0.05, 0) is 104 Å². The second kappa shape index (κ2) is 8.19. The first-order valence-electron chi connectivity index (χ1n) is 12.8. The Kier molecular flexibility index (Phi) is 6.23. The van der Waals surface area contributed by atoms with Crippen molar-refractivity contribution in [1.29, 1.82) is 0 Å². The molecule has 3 heteroatoms. The maximum Gasteiger partial charge on any atom is 0.0757 e. The van der Waals surface area contributed by atoms with Crippen LogP contribution in [0.15, 0.2) is 11.6 Å². The zero-order valence-corrected chi connectivity index (χ0v) is 20.0. The lowest BCUT2D eigenvalue weighted by Gasteiger charge is -2.59. The van der Waals surface area contributed by atoms with E-state index in [-0.39, 0.29) is 23.7 Å². The third-order valence-electron chi connectivity index (χ3n) is 10.6. The van der Waals surface area contributed by atoms with Gasteiger partial charge in [-0.1, -0.05) is 46.3 Å². The zero-order valence-electron chi connectivity index (χ0n) is 20.0. The van der Waals surface area contributed by atoms with Crippen LogP contribution in [0.5, 0.6) is 0 Å². The third kappa shape index (κ3) is 3.61. The molecule has 4 aliphatic rings. The Balaban J connectivity index is 1.53. The first-order valence-corrected chi connectivity index (χ1v) is 12.8. The van der Waals surface area contributed by atoms with Crippen LogP contribution in [-0.2, 0) is 0 Å². The number of rotatable bonds is 5. The van der Waals surface area contributed by atoms with E-state index in [1.807, 2.05) is 0 Å². The molecule has 3 fully saturated rings. The Morgan fingerprint density at radius 1 is 0.967 bits per heavy atom. The highest BCUT2D eigenvalue weighted by Crippen LogP contribution is 2.67. The predicted molar refractivity (Wildman–Crippen MR) is 122 cm³/mol. The molecule has 0 aromatic heterocycles. The lowest BCUT2D eigenvalue weighted by atomic mass is 9.46. The Labute approximate surface area is 184 Å². The zero-order chi connectivity index (χ0) is 21.8. The van der Waals surface area contributed by atoms with Gasteiger partial charge < -0.3 is 15.3 Å². The van der Waals surface area contributed by atoms with Gasteiger partial charge in [0.25, 0.3) is 0 Å². The van der Waals surface area contributed by atoms with Gasteiger partial charge in [-0.25, -0.2) is 0 Å². The molecule has 10 atom stereocenters. The van der Waals surface area contributed by atoms with Gasteiger partial charge in [-0.3, -0.25) is 0 Å². The normalized spacial score (nSPS) is 47.8. The van der Waals surface area contributed by atoms with E-state index in [1.54, 1.807) is 0 Å². The van der Waals surface area contributed by atoms with Gasteiger partial charge in [-0.15, -0.1) is 0 Å². The summed E-state index contributed by atoms with van der Waals surface area (Å²) in [7, 11) is 0. The minimum atomic E-state index is -0.343. The summed E-state index contributed by atoms with van der Waals surface area (Å²) in [4.78, 5) is 0. The van der Waals surface area contributed by atoms with E-state index >= 15 is 0 Å². The van der Waals surface area contributed by atoms with Crippen LogP contribution in [0, 0.1) is 46.3 Å². The summed E-state index contributed by atoms with van der Waals surface area (Å²) in [5, 5.41) is 31.8. The molecular formula is C27H46O3. The van der Waals surface area contributed by atoms with Crippen LogP contribution in [-0.4, -0.2) is 33.6 Å². The molecule has 3 saturated carbocycles. The highest BCUT2D eigenvalue weighted by molar-refractivity contribution is 5.27. The van der Waals surface area contributed by atoms with E-state index in [0.717, 1.165) is 32.1 Å². The maximum atomic E-state index is 11.3. The van der Waals surface area contributed by atoms with Crippen molar-refractivity contribution < 1.29 is 15.3 Å². The topological polar surface area (TPSA) is 60.7 Å². The molecule has 0 bridgehead atoms. The summed E-state index contributed by atoms with van der Waals surface area (Å²) in [6, 6.07) is 0. The minimum absolute atomic E-state index is 0.176. The molecule has 4 unspecified atom stereocenters. The highest BCUT2D eigenvalue weighted by atomic mass is 16.3. The number of aliphatic hydroxyl groups is 3. The maximum absolute atomic E-state index is 11.3. The summed E-state index contributed by atoms with van der Waals surface area (Å²) in [6.07, 6.45) is 11.2.